The zero-order valence-electron chi connectivity index (χ0n) is 16.4. The molecule has 1 fully saturated rings. The van der Waals surface area contributed by atoms with Crippen LogP contribution in [0.1, 0.15) is 55.5 Å². The highest BCUT2D eigenvalue weighted by molar-refractivity contribution is 5.79. The van der Waals surface area contributed by atoms with Crippen molar-refractivity contribution in [3.05, 3.63) is 41.2 Å². The van der Waals surface area contributed by atoms with Crippen LogP contribution in [0.4, 0.5) is 0 Å². The SMILES string of the molecule is CCNC(=NCc1ccc(OC2CCCC2)nc1)NCc1nc(C)c(C)o1. The summed E-state index contributed by atoms with van der Waals surface area (Å²) in [6.45, 7) is 7.70. The third-order valence-corrected chi connectivity index (χ3v) is 4.63. The first-order valence-electron chi connectivity index (χ1n) is 9.70. The minimum Gasteiger partial charge on any atom is -0.474 e. The van der Waals surface area contributed by atoms with Crippen molar-refractivity contribution in [3.8, 4) is 5.88 Å². The maximum atomic E-state index is 5.90. The Balaban J connectivity index is 1.53. The van der Waals surface area contributed by atoms with Gasteiger partial charge in [-0.25, -0.2) is 15.0 Å². The van der Waals surface area contributed by atoms with Gasteiger partial charge in [-0.3, -0.25) is 0 Å². The fourth-order valence-electron chi connectivity index (χ4n) is 3.04. The zero-order chi connectivity index (χ0) is 19.1. The Morgan fingerprint density at radius 2 is 2.07 bits per heavy atom. The standard InChI is InChI=1S/C20H29N5O2/c1-4-21-20(24-13-19-25-14(2)15(3)26-19)23-12-16-9-10-18(22-11-16)27-17-7-5-6-8-17/h9-11,17H,4-8,12-13H2,1-3H3,(H2,21,23,24). The molecule has 0 amide bonds. The topological polar surface area (TPSA) is 84.6 Å². The summed E-state index contributed by atoms with van der Waals surface area (Å²) >= 11 is 0. The molecule has 0 radical (unpaired) electrons. The molecule has 0 aliphatic heterocycles. The Kier molecular flexibility index (Phi) is 6.68. The lowest BCUT2D eigenvalue weighted by Gasteiger charge is -2.12. The van der Waals surface area contributed by atoms with E-state index in [2.05, 4.69) is 25.6 Å². The van der Waals surface area contributed by atoms with Crippen molar-refractivity contribution in [2.24, 2.45) is 4.99 Å². The Morgan fingerprint density at radius 1 is 1.26 bits per heavy atom. The van der Waals surface area contributed by atoms with Gasteiger partial charge in [-0.05, 0) is 52.0 Å². The molecule has 2 aromatic rings. The third kappa shape index (κ3) is 5.70. The van der Waals surface area contributed by atoms with Crippen molar-refractivity contribution >= 4 is 5.96 Å². The molecule has 7 nitrogen and oxygen atoms in total. The van der Waals surface area contributed by atoms with Gasteiger partial charge >= 0.3 is 0 Å². The number of aromatic nitrogens is 2. The molecular formula is C20H29N5O2. The van der Waals surface area contributed by atoms with Crippen LogP contribution in [-0.2, 0) is 13.1 Å². The van der Waals surface area contributed by atoms with Gasteiger partial charge in [0.05, 0.1) is 18.8 Å². The normalized spacial score (nSPS) is 15.1. The predicted octanol–water partition coefficient (Wildman–Crippen LogP) is 3.26. The smallest absolute Gasteiger partial charge is 0.214 e. The quantitative estimate of drug-likeness (QED) is 0.574. The molecule has 0 unspecified atom stereocenters. The van der Waals surface area contributed by atoms with Gasteiger partial charge in [0.15, 0.2) is 5.96 Å². The average molecular weight is 371 g/mol. The van der Waals surface area contributed by atoms with E-state index < -0.39 is 0 Å². The Hall–Kier alpha value is -2.57. The number of pyridine rings is 1. The molecule has 146 valence electrons. The summed E-state index contributed by atoms with van der Waals surface area (Å²) in [7, 11) is 0. The van der Waals surface area contributed by atoms with Crippen molar-refractivity contribution in [2.75, 3.05) is 6.54 Å². The first-order valence-corrected chi connectivity index (χ1v) is 9.70. The van der Waals surface area contributed by atoms with E-state index in [0.29, 0.717) is 31.0 Å². The van der Waals surface area contributed by atoms with Crippen LogP contribution in [0.2, 0.25) is 0 Å². The molecule has 0 bridgehead atoms. The highest BCUT2D eigenvalue weighted by Crippen LogP contribution is 2.22. The summed E-state index contributed by atoms with van der Waals surface area (Å²) in [5.41, 5.74) is 1.95. The number of ether oxygens (including phenoxy) is 1. The minimum absolute atomic E-state index is 0.327. The van der Waals surface area contributed by atoms with Gasteiger partial charge in [0, 0.05) is 18.8 Å². The van der Waals surface area contributed by atoms with Crippen LogP contribution in [0.3, 0.4) is 0 Å². The summed E-state index contributed by atoms with van der Waals surface area (Å²) in [4.78, 5) is 13.4. The van der Waals surface area contributed by atoms with Gasteiger partial charge in [0.25, 0.3) is 0 Å². The Bertz CT molecular complexity index is 729. The minimum atomic E-state index is 0.327. The lowest BCUT2D eigenvalue weighted by molar-refractivity contribution is 0.201. The van der Waals surface area contributed by atoms with Crippen LogP contribution >= 0.6 is 0 Å². The fourth-order valence-corrected chi connectivity index (χ4v) is 3.04. The maximum absolute atomic E-state index is 5.90. The molecule has 2 N–H and O–H groups in total. The van der Waals surface area contributed by atoms with Crippen LogP contribution in [0, 0.1) is 13.8 Å². The van der Waals surface area contributed by atoms with Crippen molar-refractivity contribution < 1.29 is 9.15 Å². The van der Waals surface area contributed by atoms with Gasteiger partial charge in [-0.2, -0.15) is 0 Å². The second kappa shape index (κ2) is 9.39. The first-order chi connectivity index (χ1) is 13.1. The molecule has 3 rings (SSSR count). The van der Waals surface area contributed by atoms with E-state index in [1.807, 2.05) is 39.1 Å². The van der Waals surface area contributed by atoms with E-state index in [1.165, 1.54) is 12.8 Å². The summed E-state index contributed by atoms with van der Waals surface area (Å²) < 4.78 is 11.5. The maximum Gasteiger partial charge on any atom is 0.214 e. The van der Waals surface area contributed by atoms with Crippen LogP contribution in [0.5, 0.6) is 5.88 Å². The molecule has 0 aromatic carbocycles. The molecule has 1 aliphatic rings. The van der Waals surface area contributed by atoms with Gasteiger partial charge in [-0.15, -0.1) is 0 Å². The number of nitrogens with one attached hydrogen (secondary N) is 2. The van der Waals surface area contributed by atoms with Crippen molar-refractivity contribution in [2.45, 2.75) is 65.6 Å². The van der Waals surface area contributed by atoms with E-state index >= 15 is 0 Å². The Labute approximate surface area is 160 Å². The number of nitrogens with zero attached hydrogens (tertiary/aromatic N) is 3. The summed E-state index contributed by atoms with van der Waals surface area (Å²) in [5.74, 6) is 2.93. The second-order valence-electron chi connectivity index (χ2n) is 6.83. The molecule has 1 aliphatic carbocycles. The number of rotatable bonds is 7. The van der Waals surface area contributed by atoms with Gasteiger partial charge in [0.1, 0.15) is 11.9 Å². The lowest BCUT2D eigenvalue weighted by atomic mass is 10.3. The molecule has 2 aromatic heterocycles. The number of aryl methyl sites for hydroxylation is 2. The van der Waals surface area contributed by atoms with Crippen LogP contribution in [0.15, 0.2) is 27.7 Å². The Morgan fingerprint density at radius 3 is 2.70 bits per heavy atom. The first kappa shape index (κ1) is 19.2. The molecule has 7 heteroatoms. The van der Waals surface area contributed by atoms with E-state index in [-0.39, 0.29) is 0 Å². The van der Waals surface area contributed by atoms with E-state index in [1.54, 1.807) is 0 Å². The highest BCUT2D eigenvalue weighted by atomic mass is 16.5. The highest BCUT2D eigenvalue weighted by Gasteiger charge is 2.16. The van der Waals surface area contributed by atoms with Crippen LogP contribution < -0.4 is 15.4 Å². The van der Waals surface area contributed by atoms with Crippen molar-refractivity contribution in [1.29, 1.82) is 0 Å². The number of hydrogen-bond donors (Lipinski definition) is 2. The average Bonchev–Trinajstić information content (AvgIpc) is 3.28. The van der Waals surface area contributed by atoms with Crippen LogP contribution in [0.25, 0.3) is 0 Å². The van der Waals surface area contributed by atoms with Crippen molar-refractivity contribution in [1.82, 2.24) is 20.6 Å². The monoisotopic (exact) mass is 371 g/mol. The summed E-state index contributed by atoms with van der Waals surface area (Å²) in [6.07, 6.45) is 6.94. The molecule has 0 atom stereocenters. The summed E-state index contributed by atoms with van der Waals surface area (Å²) in [6, 6.07) is 3.95. The van der Waals surface area contributed by atoms with E-state index in [4.69, 9.17) is 9.15 Å². The predicted molar refractivity (Wildman–Crippen MR) is 105 cm³/mol. The van der Waals surface area contributed by atoms with E-state index in [9.17, 15) is 0 Å². The molecule has 2 heterocycles. The molecule has 0 spiro atoms. The third-order valence-electron chi connectivity index (χ3n) is 4.63. The second-order valence-corrected chi connectivity index (χ2v) is 6.83. The van der Waals surface area contributed by atoms with Crippen LogP contribution in [-0.4, -0.2) is 28.6 Å². The summed E-state index contributed by atoms with van der Waals surface area (Å²) in [5, 5.41) is 6.47. The van der Waals surface area contributed by atoms with Crippen molar-refractivity contribution in [3.63, 3.8) is 0 Å². The number of oxazole rings is 1. The van der Waals surface area contributed by atoms with E-state index in [0.717, 1.165) is 42.4 Å². The number of aliphatic imine (C=N–C) groups is 1. The van der Waals surface area contributed by atoms with Gasteiger partial charge in [0.2, 0.25) is 11.8 Å². The fraction of sp³-hybridized carbons (Fsp3) is 0.550. The zero-order valence-corrected chi connectivity index (χ0v) is 16.4. The lowest BCUT2D eigenvalue weighted by Crippen LogP contribution is -2.36. The largest absolute Gasteiger partial charge is 0.474 e. The molecule has 27 heavy (non-hydrogen) atoms. The molecule has 1 saturated carbocycles. The molecule has 0 saturated heterocycles. The number of guanidine groups is 1. The number of hydrogen-bond acceptors (Lipinski definition) is 5. The van der Waals surface area contributed by atoms with Gasteiger partial charge in [-0.1, -0.05) is 6.07 Å². The van der Waals surface area contributed by atoms with Gasteiger partial charge < -0.3 is 19.8 Å². The molecular weight excluding hydrogens is 342 g/mol.